The third-order valence-corrected chi connectivity index (χ3v) is 6.49. The van der Waals surface area contributed by atoms with E-state index in [-0.39, 0.29) is 26.4 Å². The zero-order valence-electron chi connectivity index (χ0n) is 14.7. The summed E-state index contributed by atoms with van der Waals surface area (Å²) < 4.78 is 27.0. The van der Waals surface area contributed by atoms with Crippen molar-refractivity contribution in [3.8, 4) is 0 Å². The predicted molar refractivity (Wildman–Crippen MR) is 102 cm³/mol. The number of carboxylic acids is 1. The molecule has 2 rings (SSSR count). The van der Waals surface area contributed by atoms with Crippen molar-refractivity contribution in [2.45, 2.75) is 37.8 Å². The number of aromatic nitrogens is 1. The number of sulfonamides is 1. The lowest BCUT2D eigenvalue weighted by atomic mass is 10.2. The van der Waals surface area contributed by atoms with Crippen LogP contribution in [0, 0.1) is 0 Å². The normalized spacial score (nSPS) is 12.8. The Morgan fingerprint density at radius 3 is 2.48 bits per heavy atom. The van der Waals surface area contributed by atoms with Gasteiger partial charge in [0.05, 0.1) is 27.7 Å². The van der Waals surface area contributed by atoms with Gasteiger partial charge in [0.15, 0.2) is 0 Å². The van der Waals surface area contributed by atoms with Gasteiger partial charge in [-0.1, -0.05) is 11.6 Å². The fourth-order valence-corrected chi connectivity index (χ4v) is 4.39. The number of hydrogen-bond acceptors (Lipinski definition) is 6. The Hall–Kier alpha value is -2.01. The highest BCUT2D eigenvalue weighted by molar-refractivity contribution is 7.89. The number of halogens is 1. The Balaban J connectivity index is 2.25. The van der Waals surface area contributed by atoms with Crippen LogP contribution >= 0.6 is 22.9 Å². The molecule has 0 bridgehead atoms. The Morgan fingerprint density at radius 1 is 1.26 bits per heavy atom. The number of carbonyl (C=O) groups is 2. The molecule has 0 aliphatic heterocycles. The van der Waals surface area contributed by atoms with Crippen molar-refractivity contribution >= 4 is 44.8 Å². The van der Waals surface area contributed by atoms with Crippen LogP contribution in [0.15, 0.2) is 29.3 Å². The smallest absolute Gasteiger partial charge is 0.347 e. The summed E-state index contributed by atoms with van der Waals surface area (Å²) in [6.07, 6.45) is 1.21. The molecule has 3 N–H and O–H groups in total. The lowest BCUT2D eigenvalue weighted by Gasteiger charge is -2.14. The van der Waals surface area contributed by atoms with Crippen molar-refractivity contribution in [3.05, 3.63) is 44.9 Å². The predicted octanol–water partition coefficient (Wildman–Crippen LogP) is 2.67. The van der Waals surface area contributed by atoms with Gasteiger partial charge in [0.1, 0.15) is 9.88 Å². The summed E-state index contributed by atoms with van der Waals surface area (Å²) in [6.45, 7) is 5.00. The summed E-state index contributed by atoms with van der Waals surface area (Å²) in [6, 6.07) is 2.95. The highest BCUT2D eigenvalue weighted by Gasteiger charge is 2.22. The van der Waals surface area contributed by atoms with Crippen LogP contribution in [0.3, 0.4) is 0 Å². The molecule has 1 aromatic carbocycles. The van der Waals surface area contributed by atoms with Crippen LogP contribution < -0.4 is 10.0 Å². The van der Waals surface area contributed by atoms with Crippen molar-refractivity contribution in [1.82, 2.24) is 15.0 Å². The molecule has 0 saturated heterocycles. The maximum Gasteiger partial charge on any atom is 0.347 e. The van der Waals surface area contributed by atoms with Gasteiger partial charge in [-0.05, 0) is 39.0 Å². The lowest BCUT2D eigenvalue weighted by Crippen LogP contribution is -2.31. The van der Waals surface area contributed by atoms with Gasteiger partial charge in [0, 0.05) is 6.04 Å². The van der Waals surface area contributed by atoms with Crippen LogP contribution in [0.25, 0.3) is 0 Å². The van der Waals surface area contributed by atoms with Gasteiger partial charge in [0.25, 0.3) is 5.91 Å². The first-order valence-electron chi connectivity index (χ1n) is 7.83. The number of nitrogens with zero attached hydrogens (tertiary/aromatic N) is 1. The Morgan fingerprint density at radius 2 is 1.93 bits per heavy atom. The number of thiazole rings is 1. The minimum Gasteiger partial charge on any atom is -0.477 e. The number of nitrogens with one attached hydrogen (secondary N) is 2. The molecule has 1 atom stereocenters. The van der Waals surface area contributed by atoms with E-state index >= 15 is 0 Å². The number of benzene rings is 1. The molecular formula is C16H18ClN3O5S2. The SMILES string of the molecule is CC(C)NS(=O)(=O)c1ccc(Cl)c(C(=O)NC(C)c2ncc(C(=O)O)s2)c1. The standard InChI is InChI=1S/C16H18ClN3O5S2/c1-8(2)20-27(24,25)10-4-5-12(17)11(6-10)14(21)19-9(3)15-18-7-13(26-15)16(22)23/h4-9,20H,1-3H3,(H,19,21)(H,22,23). The molecule has 0 fully saturated rings. The van der Waals surface area contributed by atoms with Gasteiger partial charge in [-0.2, -0.15) is 0 Å². The zero-order chi connectivity index (χ0) is 20.4. The molecule has 11 heteroatoms. The van der Waals surface area contributed by atoms with Crippen LogP contribution in [0.4, 0.5) is 0 Å². The maximum absolute atomic E-state index is 12.5. The first-order valence-corrected chi connectivity index (χ1v) is 10.5. The van der Waals surface area contributed by atoms with E-state index in [0.717, 1.165) is 11.3 Å². The Labute approximate surface area is 165 Å². The number of carboxylic acid groups (broad SMARTS) is 1. The van der Waals surface area contributed by atoms with Crippen LogP contribution in [0.1, 0.15) is 51.9 Å². The number of carbonyl (C=O) groups excluding carboxylic acids is 1. The number of aromatic carboxylic acids is 1. The molecule has 0 aliphatic rings. The molecule has 1 amide bonds. The second kappa shape index (κ2) is 8.34. The molecule has 0 radical (unpaired) electrons. The lowest BCUT2D eigenvalue weighted by molar-refractivity contribution is 0.0701. The van der Waals surface area contributed by atoms with E-state index < -0.39 is 27.9 Å². The number of hydrogen-bond donors (Lipinski definition) is 3. The fourth-order valence-electron chi connectivity index (χ4n) is 2.15. The van der Waals surface area contributed by atoms with E-state index in [1.54, 1.807) is 20.8 Å². The summed E-state index contributed by atoms with van der Waals surface area (Å²) in [5, 5.41) is 12.1. The summed E-state index contributed by atoms with van der Waals surface area (Å²) in [5.41, 5.74) is -0.00911. The first-order chi connectivity index (χ1) is 12.5. The molecule has 1 unspecified atom stereocenters. The Kier molecular flexibility index (Phi) is 6.58. The summed E-state index contributed by atoms with van der Waals surface area (Å²) in [4.78, 5) is 27.4. The zero-order valence-corrected chi connectivity index (χ0v) is 17.1. The van der Waals surface area contributed by atoms with Crippen molar-refractivity contribution in [1.29, 1.82) is 0 Å². The van der Waals surface area contributed by atoms with Gasteiger partial charge in [0.2, 0.25) is 10.0 Å². The van der Waals surface area contributed by atoms with Gasteiger partial charge < -0.3 is 10.4 Å². The molecule has 0 saturated carbocycles. The van der Waals surface area contributed by atoms with E-state index in [0.29, 0.717) is 5.01 Å². The third kappa shape index (κ3) is 5.25. The van der Waals surface area contributed by atoms with Gasteiger partial charge >= 0.3 is 5.97 Å². The molecule has 1 aromatic heterocycles. The largest absolute Gasteiger partial charge is 0.477 e. The average Bonchev–Trinajstić information content (AvgIpc) is 3.04. The van der Waals surface area contributed by atoms with Gasteiger partial charge in [-0.25, -0.2) is 22.9 Å². The van der Waals surface area contributed by atoms with Gasteiger partial charge in [-0.3, -0.25) is 4.79 Å². The fraction of sp³-hybridized carbons (Fsp3) is 0.312. The highest BCUT2D eigenvalue weighted by atomic mass is 35.5. The van der Waals surface area contributed by atoms with E-state index in [2.05, 4.69) is 15.0 Å². The Bertz CT molecular complexity index is 972. The topological polar surface area (TPSA) is 125 Å². The molecule has 0 spiro atoms. The highest BCUT2D eigenvalue weighted by Crippen LogP contribution is 2.24. The molecular weight excluding hydrogens is 414 g/mol. The quantitative estimate of drug-likeness (QED) is 0.618. The van der Waals surface area contributed by atoms with E-state index in [9.17, 15) is 18.0 Å². The number of rotatable bonds is 7. The summed E-state index contributed by atoms with van der Waals surface area (Å²) in [7, 11) is -3.78. The molecule has 2 aromatic rings. The van der Waals surface area contributed by atoms with Crippen LogP contribution in [-0.2, 0) is 10.0 Å². The van der Waals surface area contributed by atoms with Crippen LogP contribution in [0.5, 0.6) is 0 Å². The summed E-state index contributed by atoms with van der Waals surface area (Å²) >= 11 is 7.00. The first kappa shape index (κ1) is 21.3. The monoisotopic (exact) mass is 431 g/mol. The summed E-state index contributed by atoms with van der Waals surface area (Å²) in [5.74, 6) is -1.70. The van der Waals surface area contributed by atoms with Crippen molar-refractivity contribution < 1.29 is 23.1 Å². The van der Waals surface area contributed by atoms with Gasteiger partial charge in [-0.15, -0.1) is 11.3 Å². The second-order valence-corrected chi connectivity index (χ2v) is 9.16. The molecule has 27 heavy (non-hydrogen) atoms. The van der Waals surface area contributed by atoms with Crippen molar-refractivity contribution in [3.63, 3.8) is 0 Å². The second-order valence-electron chi connectivity index (χ2n) is 5.98. The minimum absolute atomic E-state index is 0.00911. The third-order valence-electron chi connectivity index (χ3n) is 3.34. The van der Waals surface area contributed by atoms with Crippen molar-refractivity contribution in [2.24, 2.45) is 0 Å². The molecule has 0 aliphatic carbocycles. The minimum atomic E-state index is -3.78. The molecule has 1 heterocycles. The van der Waals surface area contributed by atoms with E-state index in [1.165, 1.54) is 24.4 Å². The van der Waals surface area contributed by atoms with E-state index in [4.69, 9.17) is 16.7 Å². The molecule has 146 valence electrons. The molecule has 8 nitrogen and oxygen atoms in total. The maximum atomic E-state index is 12.5. The van der Waals surface area contributed by atoms with Crippen LogP contribution in [0.2, 0.25) is 5.02 Å². The van der Waals surface area contributed by atoms with E-state index in [1.807, 2.05) is 0 Å². The van der Waals surface area contributed by atoms with Crippen molar-refractivity contribution in [2.75, 3.05) is 0 Å². The van der Waals surface area contributed by atoms with Crippen LogP contribution in [-0.4, -0.2) is 36.4 Å². The number of amides is 1. The average molecular weight is 432 g/mol.